The first-order valence-electron chi connectivity index (χ1n) is 6.50. The molecule has 0 amide bonds. The lowest BCUT2D eigenvalue weighted by Crippen LogP contribution is -2.37. The van der Waals surface area contributed by atoms with Crippen molar-refractivity contribution >= 4 is 34.0 Å². The van der Waals surface area contributed by atoms with Crippen molar-refractivity contribution < 1.29 is 4.74 Å². The molecule has 100 valence electrons. The van der Waals surface area contributed by atoms with Crippen LogP contribution in [0.1, 0.15) is 12.8 Å². The smallest absolute Gasteiger partial charge is 0.146 e. The van der Waals surface area contributed by atoms with Crippen molar-refractivity contribution in [1.82, 2.24) is 5.32 Å². The summed E-state index contributed by atoms with van der Waals surface area (Å²) in [6.07, 6.45) is 2.37. The standard InChI is InChI=1S/C15H15Cl2NO/c16-13-8-14(17)15(12-6-2-1-5-11(12)13)19-10-4-3-7-18-9-10/h1-2,5-6,8,10,18H,3-4,7,9H2. The van der Waals surface area contributed by atoms with Gasteiger partial charge in [0, 0.05) is 17.3 Å². The van der Waals surface area contributed by atoms with Crippen LogP contribution in [0.2, 0.25) is 10.0 Å². The molecular weight excluding hydrogens is 281 g/mol. The summed E-state index contributed by atoms with van der Waals surface area (Å²) in [5, 5.41) is 6.54. The van der Waals surface area contributed by atoms with E-state index in [2.05, 4.69) is 5.32 Å². The summed E-state index contributed by atoms with van der Waals surface area (Å²) < 4.78 is 6.10. The second kappa shape index (κ2) is 5.58. The summed E-state index contributed by atoms with van der Waals surface area (Å²) in [4.78, 5) is 0. The molecule has 2 aromatic carbocycles. The molecule has 0 radical (unpaired) electrons. The van der Waals surface area contributed by atoms with Crippen molar-refractivity contribution in [3.05, 3.63) is 40.4 Å². The highest BCUT2D eigenvalue weighted by atomic mass is 35.5. The van der Waals surface area contributed by atoms with E-state index in [1.807, 2.05) is 24.3 Å². The van der Waals surface area contributed by atoms with Gasteiger partial charge in [-0.2, -0.15) is 0 Å². The van der Waals surface area contributed by atoms with Gasteiger partial charge in [-0.15, -0.1) is 0 Å². The first-order chi connectivity index (χ1) is 9.25. The van der Waals surface area contributed by atoms with E-state index in [9.17, 15) is 0 Å². The van der Waals surface area contributed by atoms with Crippen LogP contribution < -0.4 is 10.1 Å². The molecule has 0 aromatic heterocycles. The molecule has 0 aliphatic carbocycles. The molecule has 0 saturated carbocycles. The van der Waals surface area contributed by atoms with Gasteiger partial charge >= 0.3 is 0 Å². The zero-order chi connectivity index (χ0) is 13.2. The Hall–Kier alpha value is -0.960. The third-order valence-electron chi connectivity index (χ3n) is 3.44. The molecule has 2 aromatic rings. The average Bonchev–Trinajstić information content (AvgIpc) is 2.45. The summed E-state index contributed by atoms with van der Waals surface area (Å²) in [6, 6.07) is 9.69. The van der Waals surface area contributed by atoms with Crippen LogP contribution in [0.25, 0.3) is 10.8 Å². The topological polar surface area (TPSA) is 21.3 Å². The van der Waals surface area contributed by atoms with Crippen molar-refractivity contribution in [2.75, 3.05) is 13.1 Å². The van der Waals surface area contributed by atoms with E-state index in [-0.39, 0.29) is 6.10 Å². The number of piperidine rings is 1. The average molecular weight is 296 g/mol. The Morgan fingerprint density at radius 2 is 1.89 bits per heavy atom. The SMILES string of the molecule is Clc1cc(Cl)c2ccccc2c1OC1CCCNC1. The van der Waals surface area contributed by atoms with Crippen molar-refractivity contribution in [3.8, 4) is 5.75 Å². The van der Waals surface area contributed by atoms with Crippen LogP contribution >= 0.6 is 23.2 Å². The third-order valence-corrected chi connectivity index (χ3v) is 4.03. The largest absolute Gasteiger partial charge is 0.487 e. The van der Waals surface area contributed by atoms with Gasteiger partial charge in [-0.3, -0.25) is 0 Å². The summed E-state index contributed by atoms with van der Waals surface area (Å²) in [6.45, 7) is 1.93. The Morgan fingerprint density at radius 3 is 2.63 bits per heavy atom. The number of fused-ring (bicyclic) bond motifs is 1. The summed E-state index contributed by atoms with van der Waals surface area (Å²) >= 11 is 12.5. The van der Waals surface area contributed by atoms with E-state index >= 15 is 0 Å². The lowest BCUT2D eigenvalue weighted by molar-refractivity contribution is 0.169. The molecule has 1 fully saturated rings. The zero-order valence-corrected chi connectivity index (χ0v) is 12.0. The van der Waals surface area contributed by atoms with Gasteiger partial charge in [0.2, 0.25) is 0 Å². The lowest BCUT2D eigenvalue weighted by atomic mass is 10.1. The zero-order valence-electron chi connectivity index (χ0n) is 10.5. The second-order valence-electron chi connectivity index (χ2n) is 4.80. The molecular formula is C15H15Cl2NO. The van der Waals surface area contributed by atoms with E-state index in [0.29, 0.717) is 10.0 Å². The van der Waals surface area contributed by atoms with E-state index in [1.54, 1.807) is 6.07 Å². The fourth-order valence-corrected chi connectivity index (χ4v) is 3.06. The van der Waals surface area contributed by atoms with Gasteiger partial charge in [0.15, 0.2) is 0 Å². The quantitative estimate of drug-likeness (QED) is 0.893. The maximum atomic E-state index is 6.30. The van der Waals surface area contributed by atoms with Gasteiger partial charge in [-0.1, -0.05) is 47.5 Å². The number of hydrogen-bond donors (Lipinski definition) is 1. The van der Waals surface area contributed by atoms with Gasteiger partial charge in [-0.25, -0.2) is 0 Å². The fraction of sp³-hybridized carbons (Fsp3) is 0.333. The molecule has 0 bridgehead atoms. The molecule has 0 spiro atoms. The molecule has 19 heavy (non-hydrogen) atoms. The molecule has 4 heteroatoms. The van der Waals surface area contributed by atoms with E-state index in [4.69, 9.17) is 27.9 Å². The summed E-state index contributed by atoms with van der Waals surface area (Å²) in [5.41, 5.74) is 0. The van der Waals surface area contributed by atoms with Crippen molar-refractivity contribution in [1.29, 1.82) is 0 Å². The van der Waals surface area contributed by atoms with Crippen LogP contribution in [0.3, 0.4) is 0 Å². The number of hydrogen-bond acceptors (Lipinski definition) is 2. The predicted molar refractivity (Wildman–Crippen MR) is 80.5 cm³/mol. The minimum absolute atomic E-state index is 0.177. The molecule has 1 unspecified atom stereocenters. The van der Waals surface area contributed by atoms with Gasteiger partial charge < -0.3 is 10.1 Å². The van der Waals surface area contributed by atoms with Gasteiger partial charge in [-0.05, 0) is 25.5 Å². The third kappa shape index (κ3) is 2.66. The Balaban J connectivity index is 2.01. The number of halogens is 2. The van der Waals surface area contributed by atoms with E-state index in [1.165, 1.54) is 0 Å². The van der Waals surface area contributed by atoms with Gasteiger partial charge in [0.25, 0.3) is 0 Å². The summed E-state index contributed by atoms with van der Waals surface area (Å²) in [5.74, 6) is 0.746. The number of ether oxygens (including phenoxy) is 1. The van der Waals surface area contributed by atoms with Crippen LogP contribution in [0.5, 0.6) is 5.75 Å². The molecule has 1 heterocycles. The summed E-state index contributed by atoms with van der Waals surface area (Å²) in [7, 11) is 0. The van der Waals surface area contributed by atoms with Crippen LogP contribution in [0, 0.1) is 0 Å². The highest BCUT2D eigenvalue weighted by Gasteiger charge is 2.18. The molecule has 1 aliphatic rings. The number of benzene rings is 2. The molecule has 1 saturated heterocycles. The first kappa shape index (κ1) is 13.0. The minimum Gasteiger partial charge on any atom is -0.487 e. The Bertz CT molecular complexity index is 594. The second-order valence-corrected chi connectivity index (χ2v) is 5.62. The van der Waals surface area contributed by atoms with Crippen molar-refractivity contribution in [3.63, 3.8) is 0 Å². The Kier molecular flexibility index (Phi) is 3.83. The fourth-order valence-electron chi connectivity index (χ4n) is 2.48. The Morgan fingerprint density at radius 1 is 1.11 bits per heavy atom. The van der Waals surface area contributed by atoms with Crippen LogP contribution in [-0.2, 0) is 0 Å². The first-order valence-corrected chi connectivity index (χ1v) is 7.25. The molecule has 1 atom stereocenters. The van der Waals surface area contributed by atoms with Gasteiger partial charge in [0.05, 0.1) is 10.0 Å². The highest BCUT2D eigenvalue weighted by Crippen LogP contribution is 2.38. The molecule has 1 N–H and O–H groups in total. The van der Waals surface area contributed by atoms with Crippen LogP contribution in [0.4, 0.5) is 0 Å². The lowest BCUT2D eigenvalue weighted by Gasteiger charge is -2.25. The maximum Gasteiger partial charge on any atom is 0.146 e. The number of rotatable bonds is 2. The molecule has 3 rings (SSSR count). The van der Waals surface area contributed by atoms with Gasteiger partial charge in [0.1, 0.15) is 11.9 Å². The van der Waals surface area contributed by atoms with E-state index in [0.717, 1.165) is 42.5 Å². The van der Waals surface area contributed by atoms with Crippen molar-refractivity contribution in [2.45, 2.75) is 18.9 Å². The minimum atomic E-state index is 0.177. The maximum absolute atomic E-state index is 6.30. The van der Waals surface area contributed by atoms with Crippen molar-refractivity contribution in [2.24, 2.45) is 0 Å². The normalized spacial score (nSPS) is 19.6. The van der Waals surface area contributed by atoms with Crippen LogP contribution in [0.15, 0.2) is 30.3 Å². The Labute approximate surface area is 122 Å². The van der Waals surface area contributed by atoms with E-state index < -0.39 is 0 Å². The predicted octanol–water partition coefficient (Wildman–Crippen LogP) is 4.28. The highest BCUT2D eigenvalue weighted by molar-refractivity contribution is 6.39. The molecule has 2 nitrogen and oxygen atoms in total. The number of nitrogens with one attached hydrogen (secondary N) is 1. The van der Waals surface area contributed by atoms with Crippen LogP contribution in [-0.4, -0.2) is 19.2 Å². The monoisotopic (exact) mass is 295 g/mol. The molecule has 1 aliphatic heterocycles.